The Labute approximate surface area is 153 Å². The van der Waals surface area contributed by atoms with Gasteiger partial charge in [-0.2, -0.15) is 0 Å². The average molecular weight is 364 g/mol. The van der Waals surface area contributed by atoms with Crippen LogP contribution in [-0.4, -0.2) is 38.8 Å². The second kappa shape index (κ2) is 8.27. The number of rotatable bonds is 5. The number of halogens is 2. The average Bonchev–Trinajstić information content (AvgIpc) is 2.66. The van der Waals surface area contributed by atoms with Gasteiger partial charge in [0.05, 0.1) is 12.5 Å². The topological polar surface area (TPSA) is 50.4 Å². The number of methoxy groups -OCH3 is 1. The molecule has 6 heteroatoms. The van der Waals surface area contributed by atoms with E-state index in [1.807, 2.05) is 6.08 Å². The molecule has 0 bridgehead atoms. The summed E-state index contributed by atoms with van der Waals surface area (Å²) in [6.07, 6.45) is 7.00. The van der Waals surface area contributed by atoms with E-state index < -0.39 is 17.0 Å². The van der Waals surface area contributed by atoms with Crippen LogP contribution in [0, 0.1) is 23.0 Å². The van der Waals surface area contributed by atoms with Crippen molar-refractivity contribution in [2.45, 2.75) is 31.7 Å². The Bertz CT molecular complexity index is 680. The summed E-state index contributed by atoms with van der Waals surface area (Å²) in [6, 6.07) is 3.75. The largest absolute Gasteiger partial charge is 0.469 e. The van der Waals surface area contributed by atoms with Gasteiger partial charge in [0.15, 0.2) is 0 Å². The maximum absolute atomic E-state index is 13.6. The van der Waals surface area contributed by atoms with Gasteiger partial charge in [-0.1, -0.05) is 12.2 Å². The van der Waals surface area contributed by atoms with Gasteiger partial charge in [-0.15, -0.1) is 0 Å². The van der Waals surface area contributed by atoms with Crippen LogP contribution in [0.3, 0.4) is 0 Å². The fraction of sp³-hybridized carbons (Fsp3) is 0.550. The van der Waals surface area contributed by atoms with Crippen LogP contribution in [-0.2, 0) is 9.53 Å². The third-order valence-electron chi connectivity index (χ3n) is 5.77. The van der Waals surface area contributed by atoms with Crippen LogP contribution in [0.15, 0.2) is 24.3 Å². The molecule has 142 valence electrons. The highest BCUT2D eigenvalue weighted by atomic mass is 19.1. The van der Waals surface area contributed by atoms with Gasteiger partial charge in [-0.25, -0.2) is 8.78 Å². The third kappa shape index (κ3) is 3.96. The van der Waals surface area contributed by atoms with Gasteiger partial charge in [-0.3, -0.25) is 4.79 Å². The van der Waals surface area contributed by atoms with Crippen LogP contribution in [0.2, 0.25) is 0 Å². The Kier molecular flexibility index (Phi) is 6.04. The molecule has 2 N–H and O–H groups in total. The second-order valence-electron chi connectivity index (χ2n) is 7.26. The number of hydrogen-bond donors (Lipinski definition) is 2. The second-order valence-corrected chi connectivity index (χ2v) is 7.26. The number of carbonyl (C=O) groups is 1. The minimum absolute atomic E-state index is 0.102. The molecule has 0 amide bonds. The van der Waals surface area contributed by atoms with Crippen LogP contribution >= 0.6 is 0 Å². The number of fused-ring (bicyclic) bond motifs is 1. The number of carbonyl (C=O) groups excluding carboxylic acids is 1. The van der Waals surface area contributed by atoms with Gasteiger partial charge < -0.3 is 15.4 Å². The zero-order valence-corrected chi connectivity index (χ0v) is 15.1. The highest BCUT2D eigenvalue weighted by Gasteiger charge is 2.50. The van der Waals surface area contributed by atoms with Gasteiger partial charge in [0, 0.05) is 24.7 Å². The Balaban J connectivity index is 1.55. The Morgan fingerprint density at radius 1 is 1.42 bits per heavy atom. The van der Waals surface area contributed by atoms with Crippen molar-refractivity contribution in [3.63, 3.8) is 0 Å². The predicted octanol–water partition coefficient (Wildman–Crippen LogP) is 2.89. The van der Waals surface area contributed by atoms with Gasteiger partial charge in [0.1, 0.15) is 11.6 Å². The number of esters is 1. The van der Waals surface area contributed by atoms with E-state index in [2.05, 4.69) is 10.6 Å². The summed E-state index contributed by atoms with van der Waals surface area (Å²) in [6.45, 7) is 2.20. The molecule has 1 saturated heterocycles. The van der Waals surface area contributed by atoms with Gasteiger partial charge in [-0.05, 0) is 56.3 Å². The van der Waals surface area contributed by atoms with Crippen molar-refractivity contribution in [2.24, 2.45) is 11.3 Å². The van der Waals surface area contributed by atoms with Crippen molar-refractivity contribution < 1.29 is 18.3 Å². The van der Waals surface area contributed by atoms with Crippen LogP contribution in [0.25, 0.3) is 6.08 Å². The van der Waals surface area contributed by atoms with E-state index in [1.54, 1.807) is 6.08 Å². The third-order valence-corrected chi connectivity index (χ3v) is 5.77. The molecule has 0 radical (unpaired) electrons. The van der Waals surface area contributed by atoms with E-state index >= 15 is 0 Å². The summed E-state index contributed by atoms with van der Waals surface area (Å²) < 4.78 is 31.9. The molecule has 2 unspecified atom stereocenters. The van der Waals surface area contributed by atoms with Crippen LogP contribution in [0.5, 0.6) is 0 Å². The van der Waals surface area contributed by atoms with Crippen molar-refractivity contribution >= 4 is 12.0 Å². The first-order valence-electron chi connectivity index (χ1n) is 9.19. The number of piperidine rings is 1. The molecule has 0 aromatic heterocycles. The summed E-state index contributed by atoms with van der Waals surface area (Å²) in [5.74, 6) is -0.670. The molecule has 1 saturated carbocycles. The highest BCUT2D eigenvalue weighted by molar-refractivity contribution is 5.78. The molecule has 4 nitrogen and oxygen atoms in total. The molecule has 3 atom stereocenters. The molecular weight excluding hydrogens is 338 g/mol. The number of benzene rings is 1. The van der Waals surface area contributed by atoms with E-state index in [4.69, 9.17) is 4.74 Å². The molecular formula is C20H26F2N2O2. The van der Waals surface area contributed by atoms with Crippen molar-refractivity contribution in [3.05, 3.63) is 41.5 Å². The minimum atomic E-state index is -0.448. The molecule has 1 aromatic carbocycles. The fourth-order valence-electron chi connectivity index (χ4n) is 4.33. The number of nitrogens with one attached hydrogen (secondary N) is 2. The van der Waals surface area contributed by atoms with Gasteiger partial charge >= 0.3 is 5.97 Å². The standard InChI is InChI=1S/C20H26F2N2O2/c1-26-19(25)20-8-6-17(12-15(20)7-10-23-13-20)24-9-2-3-14-11-16(21)4-5-18(14)22/h2-5,11,15,17,23-24H,6-10,12-13H2,1H3/b3-2+/t15?,17?,20-/m0/s1. The van der Waals surface area contributed by atoms with Crippen molar-refractivity contribution in [1.82, 2.24) is 10.6 Å². The molecule has 26 heavy (non-hydrogen) atoms. The monoisotopic (exact) mass is 364 g/mol. The van der Waals surface area contributed by atoms with Crippen LogP contribution in [0.4, 0.5) is 8.78 Å². The lowest BCUT2D eigenvalue weighted by atomic mass is 9.62. The van der Waals surface area contributed by atoms with E-state index in [1.165, 1.54) is 13.2 Å². The first-order chi connectivity index (χ1) is 12.5. The van der Waals surface area contributed by atoms with Crippen molar-refractivity contribution in [2.75, 3.05) is 26.7 Å². The molecule has 2 aliphatic rings. The molecule has 1 aliphatic heterocycles. The first kappa shape index (κ1) is 19.0. The Morgan fingerprint density at radius 3 is 3.08 bits per heavy atom. The predicted molar refractivity (Wildman–Crippen MR) is 96.5 cm³/mol. The molecule has 0 spiro atoms. The van der Waals surface area contributed by atoms with E-state index in [0.717, 1.165) is 44.4 Å². The summed E-state index contributed by atoms with van der Waals surface area (Å²) in [5.41, 5.74) is -0.148. The van der Waals surface area contributed by atoms with E-state index in [9.17, 15) is 13.6 Å². The molecule has 2 fully saturated rings. The van der Waals surface area contributed by atoms with E-state index in [0.29, 0.717) is 25.0 Å². The van der Waals surface area contributed by atoms with Crippen molar-refractivity contribution in [3.8, 4) is 0 Å². The minimum Gasteiger partial charge on any atom is -0.469 e. The normalized spacial score (nSPS) is 28.7. The Morgan fingerprint density at radius 2 is 2.27 bits per heavy atom. The fourth-order valence-corrected chi connectivity index (χ4v) is 4.33. The lowest BCUT2D eigenvalue weighted by Gasteiger charge is -2.47. The van der Waals surface area contributed by atoms with Crippen LogP contribution in [0.1, 0.15) is 31.2 Å². The molecule has 3 rings (SSSR count). The summed E-state index contributed by atoms with van der Waals surface area (Å²) in [5, 5.41) is 6.79. The zero-order chi connectivity index (χ0) is 18.6. The summed E-state index contributed by atoms with van der Waals surface area (Å²) in [7, 11) is 1.46. The quantitative estimate of drug-likeness (QED) is 0.789. The summed E-state index contributed by atoms with van der Waals surface area (Å²) in [4.78, 5) is 12.3. The zero-order valence-electron chi connectivity index (χ0n) is 15.1. The first-order valence-corrected chi connectivity index (χ1v) is 9.19. The van der Waals surface area contributed by atoms with Gasteiger partial charge in [0.2, 0.25) is 0 Å². The Hall–Kier alpha value is -1.79. The van der Waals surface area contributed by atoms with Crippen molar-refractivity contribution in [1.29, 1.82) is 0 Å². The highest BCUT2D eigenvalue weighted by Crippen LogP contribution is 2.45. The van der Waals surface area contributed by atoms with Gasteiger partial charge in [0.25, 0.3) is 0 Å². The SMILES string of the molecule is COC(=O)[C@]12CCC(NC/C=C/c3cc(F)ccc3F)CC1CCNC2. The molecule has 1 aliphatic carbocycles. The van der Waals surface area contributed by atoms with E-state index in [-0.39, 0.29) is 11.5 Å². The summed E-state index contributed by atoms with van der Waals surface area (Å²) >= 11 is 0. The lowest BCUT2D eigenvalue weighted by Crippen LogP contribution is -2.56. The maximum Gasteiger partial charge on any atom is 0.313 e. The smallest absolute Gasteiger partial charge is 0.313 e. The molecule has 1 heterocycles. The lowest BCUT2D eigenvalue weighted by molar-refractivity contribution is -0.161. The number of ether oxygens (including phenoxy) is 1. The molecule has 1 aromatic rings. The number of hydrogen-bond acceptors (Lipinski definition) is 4. The van der Waals surface area contributed by atoms with Crippen LogP contribution < -0.4 is 10.6 Å². The maximum atomic E-state index is 13.6.